The Morgan fingerprint density at radius 1 is 1.12 bits per heavy atom. The predicted molar refractivity (Wildman–Crippen MR) is 132 cm³/mol. The highest BCUT2D eigenvalue weighted by molar-refractivity contribution is 6.06. The number of rotatable bonds is 8. The van der Waals surface area contributed by atoms with Gasteiger partial charge in [-0.15, -0.1) is 0 Å². The van der Waals surface area contributed by atoms with E-state index in [1.54, 1.807) is 7.11 Å². The molecule has 6 heteroatoms. The van der Waals surface area contributed by atoms with Gasteiger partial charge in [0.25, 0.3) is 5.91 Å². The van der Waals surface area contributed by atoms with Gasteiger partial charge in [-0.1, -0.05) is 48.5 Å². The van der Waals surface area contributed by atoms with Gasteiger partial charge in [-0.05, 0) is 36.2 Å². The molecule has 1 amide bonds. The number of aliphatic hydroxyl groups is 1. The van der Waals surface area contributed by atoms with Gasteiger partial charge in [0.15, 0.2) is 0 Å². The fourth-order valence-corrected chi connectivity index (χ4v) is 4.34. The number of methoxy groups -OCH3 is 1. The van der Waals surface area contributed by atoms with Gasteiger partial charge < -0.3 is 20.1 Å². The van der Waals surface area contributed by atoms with Crippen molar-refractivity contribution < 1.29 is 14.6 Å². The summed E-state index contributed by atoms with van der Waals surface area (Å²) >= 11 is 0. The van der Waals surface area contributed by atoms with Gasteiger partial charge in [0.2, 0.25) is 0 Å². The average molecular weight is 446 g/mol. The molecule has 0 spiro atoms. The maximum Gasteiger partial charge on any atom is 0.259 e. The maximum absolute atomic E-state index is 12.9. The summed E-state index contributed by atoms with van der Waals surface area (Å²) in [6.07, 6.45) is 0.554. The highest BCUT2D eigenvalue weighted by Crippen LogP contribution is 2.32. The highest BCUT2D eigenvalue weighted by atomic mass is 16.5. The molecule has 6 nitrogen and oxygen atoms in total. The number of likely N-dealkylation sites (N-methyl/N-ethyl adjacent to an activating group) is 1. The van der Waals surface area contributed by atoms with E-state index in [4.69, 9.17) is 4.74 Å². The lowest BCUT2D eigenvalue weighted by molar-refractivity contribution is 0.102. The van der Waals surface area contributed by atoms with Crippen LogP contribution in [0.25, 0.3) is 0 Å². The van der Waals surface area contributed by atoms with Crippen molar-refractivity contribution in [3.63, 3.8) is 0 Å². The molecule has 1 aliphatic heterocycles. The number of para-hydroxylation sites is 1. The van der Waals surface area contributed by atoms with Crippen molar-refractivity contribution >= 4 is 17.3 Å². The lowest BCUT2D eigenvalue weighted by Gasteiger charge is -2.34. The molecule has 4 rings (SSSR count). The van der Waals surface area contributed by atoms with E-state index >= 15 is 0 Å². The molecule has 2 atom stereocenters. The monoisotopic (exact) mass is 445 g/mol. The minimum Gasteiger partial charge on any atom is -0.496 e. The summed E-state index contributed by atoms with van der Waals surface area (Å²) in [5, 5.41) is 12.9. The minimum atomic E-state index is -0.255. The number of β-amino-alcohol motifs (C(OH)–C–C–N with tert-alkyl or cyclic N) is 1. The van der Waals surface area contributed by atoms with Gasteiger partial charge in [0, 0.05) is 44.1 Å². The van der Waals surface area contributed by atoms with E-state index in [1.807, 2.05) is 66.7 Å². The number of nitrogens with one attached hydrogen (secondary N) is 1. The number of carbonyl (C=O) groups is 1. The summed E-state index contributed by atoms with van der Waals surface area (Å²) in [6.45, 7) is 2.38. The largest absolute Gasteiger partial charge is 0.496 e. The number of likely N-dealkylation sites (tertiary alicyclic amines) is 1. The zero-order valence-corrected chi connectivity index (χ0v) is 19.1. The number of carbonyl (C=O) groups excluding carboxylic acids is 1. The Morgan fingerprint density at radius 2 is 1.82 bits per heavy atom. The second-order valence-corrected chi connectivity index (χ2v) is 8.44. The normalized spacial score (nSPS) is 16.9. The Labute approximate surface area is 195 Å². The second-order valence-electron chi connectivity index (χ2n) is 8.44. The Bertz CT molecular complexity index is 1060. The molecule has 0 radical (unpaired) electrons. The van der Waals surface area contributed by atoms with Crippen LogP contribution in [0.4, 0.5) is 11.4 Å². The Morgan fingerprint density at radius 3 is 2.45 bits per heavy atom. The molecule has 3 aromatic rings. The number of hydrogen-bond donors (Lipinski definition) is 2. The number of amides is 1. The lowest BCUT2D eigenvalue weighted by atomic mass is 10.0. The highest BCUT2D eigenvalue weighted by Gasteiger charge is 2.27. The maximum atomic E-state index is 12.9. The van der Waals surface area contributed by atoms with Gasteiger partial charge in [-0.25, -0.2) is 0 Å². The molecule has 1 fully saturated rings. The Kier molecular flexibility index (Phi) is 7.27. The molecule has 0 unspecified atom stereocenters. The van der Waals surface area contributed by atoms with Crippen molar-refractivity contribution in [3.8, 4) is 5.75 Å². The van der Waals surface area contributed by atoms with E-state index < -0.39 is 0 Å². The smallest absolute Gasteiger partial charge is 0.259 e. The molecule has 2 N–H and O–H groups in total. The van der Waals surface area contributed by atoms with Crippen LogP contribution >= 0.6 is 0 Å². The number of ether oxygens (including phenoxy) is 1. The molecule has 1 aliphatic rings. The van der Waals surface area contributed by atoms with Gasteiger partial charge >= 0.3 is 0 Å². The molecule has 33 heavy (non-hydrogen) atoms. The third-order valence-corrected chi connectivity index (χ3v) is 6.20. The Hall–Kier alpha value is -3.35. The van der Waals surface area contributed by atoms with E-state index in [-0.39, 0.29) is 18.1 Å². The quantitative estimate of drug-likeness (QED) is 0.544. The molecule has 0 aliphatic carbocycles. The van der Waals surface area contributed by atoms with E-state index in [0.29, 0.717) is 17.9 Å². The van der Waals surface area contributed by atoms with E-state index in [0.717, 1.165) is 30.9 Å². The first-order chi connectivity index (χ1) is 16.0. The second kappa shape index (κ2) is 10.5. The zero-order chi connectivity index (χ0) is 23.2. The fraction of sp³-hybridized carbons (Fsp3) is 0.296. The standard InChI is InChI=1S/C27H31N3O3/c1-29(25(20-9-5-3-6-10-20)19-30-16-15-23(31)18-30)22-13-14-24(26(17-22)33-2)27(32)28-21-11-7-4-8-12-21/h3-14,17,23,25,31H,15-16,18-19H2,1-2H3,(H,28,32)/t23-,25+/m0/s1. The average Bonchev–Trinajstić information content (AvgIpc) is 3.27. The van der Waals surface area contributed by atoms with Crippen LogP contribution in [0.3, 0.4) is 0 Å². The first kappa shape index (κ1) is 22.8. The van der Waals surface area contributed by atoms with Crippen LogP contribution in [0.1, 0.15) is 28.4 Å². The van der Waals surface area contributed by atoms with Crippen LogP contribution in [0.15, 0.2) is 78.9 Å². The molecule has 3 aromatic carbocycles. The van der Waals surface area contributed by atoms with Gasteiger partial charge in [0.05, 0.1) is 24.8 Å². The van der Waals surface area contributed by atoms with E-state index in [2.05, 4.69) is 34.3 Å². The number of benzene rings is 3. The molecule has 0 bridgehead atoms. The summed E-state index contributed by atoms with van der Waals surface area (Å²) < 4.78 is 5.60. The lowest BCUT2D eigenvalue weighted by Crippen LogP contribution is -2.36. The number of hydrogen-bond acceptors (Lipinski definition) is 5. The Balaban J connectivity index is 1.58. The zero-order valence-electron chi connectivity index (χ0n) is 19.1. The first-order valence-electron chi connectivity index (χ1n) is 11.3. The molecule has 0 saturated carbocycles. The van der Waals surface area contributed by atoms with Crippen molar-refractivity contribution in [2.24, 2.45) is 0 Å². The summed E-state index contributed by atoms with van der Waals surface area (Å²) in [5.74, 6) is 0.314. The molecular formula is C27H31N3O3. The van der Waals surface area contributed by atoms with Crippen molar-refractivity contribution in [3.05, 3.63) is 90.0 Å². The van der Waals surface area contributed by atoms with Crippen molar-refractivity contribution in [1.82, 2.24) is 4.90 Å². The molecular weight excluding hydrogens is 414 g/mol. The molecule has 172 valence electrons. The van der Waals surface area contributed by atoms with Gasteiger partial charge in [-0.3, -0.25) is 9.69 Å². The van der Waals surface area contributed by atoms with Crippen LogP contribution in [-0.4, -0.2) is 55.8 Å². The van der Waals surface area contributed by atoms with Crippen molar-refractivity contribution in [2.75, 3.05) is 44.0 Å². The predicted octanol–water partition coefficient (Wildman–Crippen LogP) is 4.19. The topological polar surface area (TPSA) is 65.0 Å². The third kappa shape index (κ3) is 5.53. The molecule has 1 saturated heterocycles. The van der Waals surface area contributed by atoms with Crippen LogP contribution in [0, 0.1) is 0 Å². The molecule has 1 heterocycles. The summed E-state index contributed by atoms with van der Waals surface area (Å²) in [4.78, 5) is 17.4. The SMILES string of the molecule is COc1cc(N(C)[C@H](CN2CC[C@H](O)C2)c2ccccc2)ccc1C(=O)Nc1ccccc1. The third-order valence-electron chi connectivity index (χ3n) is 6.20. The first-order valence-corrected chi connectivity index (χ1v) is 11.3. The number of nitrogens with zero attached hydrogens (tertiary/aromatic N) is 2. The minimum absolute atomic E-state index is 0.0881. The number of anilines is 2. The van der Waals surface area contributed by atoms with Crippen molar-refractivity contribution in [2.45, 2.75) is 18.6 Å². The van der Waals surface area contributed by atoms with Crippen LogP contribution in [-0.2, 0) is 0 Å². The molecule has 0 aromatic heterocycles. The number of aliphatic hydroxyl groups excluding tert-OH is 1. The van der Waals surface area contributed by atoms with E-state index in [1.165, 1.54) is 5.56 Å². The summed E-state index contributed by atoms with van der Waals surface area (Å²) in [7, 11) is 3.64. The van der Waals surface area contributed by atoms with Gasteiger partial charge in [0.1, 0.15) is 5.75 Å². The summed E-state index contributed by atoms with van der Waals surface area (Å²) in [6, 6.07) is 25.5. The van der Waals surface area contributed by atoms with Crippen molar-refractivity contribution in [1.29, 1.82) is 0 Å². The fourth-order valence-electron chi connectivity index (χ4n) is 4.34. The van der Waals surface area contributed by atoms with Crippen LogP contribution < -0.4 is 15.0 Å². The van der Waals surface area contributed by atoms with Crippen LogP contribution in [0.2, 0.25) is 0 Å². The summed E-state index contributed by atoms with van der Waals surface area (Å²) in [5.41, 5.74) is 3.38. The van der Waals surface area contributed by atoms with E-state index in [9.17, 15) is 9.90 Å². The van der Waals surface area contributed by atoms with Gasteiger partial charge in [-0.2, -0.15) is 0 Å². The van der Waals surface area contributed by atoms with Crippen LogP contribution in [0.5, 0.6) is 5.75 Å².